The molecule has 2 N–H and O–H groups in total. The minimum absolute atomic E-state index is 0.205. The summed E-state index contributed by atoms with van der Waals surface area (Å²) in [4.78, 5) is 0. The molecule has 0 heterocycles. The van der Waals surface area contributed by atoms with Gasteiger partial charge in [-0.05, 0) is 58.6 Å². The Hall–Kier alpha value is -1.60. The summed E-state index contributed by atoms with van der Waals surface area (Å²) in [5, 5.41) is 0. The number of nitrogens with two attached hydrogens (primary N) is 1. The Morgan fingerprint density at radius 3 is 2.29 bits per heavy atom. The van der Waals surface area contributed by atoms with Gasteiger partial charge in [-0.3, -0.25) is 0 Å². The first-order chi connectivity index (χ1) is 9.95. The van der Waals surface area contributed by atoms with Gasteiger partial charge in [-0.15, -0.1) is 0 Å². The second kappa shape index (κ2) is 5.31. The summed E-state index contributed by atoms with van der Waals surface area (Å²) in [7, 11) is 0. The lowest BCUT2D eigenvalue weighted by Gasteiger charge is -2.23. The predicted molar refractivity (Wildman–Crippen MR) is 90.4 cm³/mol. The third-order valence-electron chi connectivity index (χ3n) is 4.59. The summed E-state index contributed by atoms with van der Waals surface area (Å²) < 4.78 is 0. The third kappa shape index (κ3) is 2.89. The van der Waals surface area contributed by atoms with E-state index in [9.17, 15) is 0 Å². The fourth-order valence-electron chi connectivity index (χ4n) is 3.18. The highest BCUT2D eigenvalue weighted by Crippen LogP contribution is 2.32. The lowest BCUT2D eigenvalue weighted by atomic mass is 9.84. The van der Waals surface area contributed by atoms with Crippen molar-refractivity contribution in [3.63, 3.8) is 0 Å². The lowest BCUT2D eigenvalue weighted by Crippen LogP contribution is -2.17. The first-order valence-corrected chi connectivity index (χ1v) is 7.94. The van der Waals surface area contributed by atoms with Crippen molar-refractivity contribution in [2.75, 3.05) is 0 Å². The van der Waals surface area contributed by atoms with Crippen LogP contribution in [0.1, 0.15) is 56.3 Å². The quantitative estimate of drug-likeness (QED) is 0.782. The molecule has 3 rings (SSSR count). The molecule has 0 fully saturated rings. The van der Waals surface area contributed by atoms with Crippen molar-refractivity contribution in [1.29, 1.82) is 0 Å². The van der Waals surface area contributed by atoms with Crippen LogP contribution >= 0.6 is 0 Å². The monoisotopic (exact) mass is 279 g/mol. The van der Waals surface area contributed by atoms with Gasteiger partial charge < -0.3 is 5.73 Å². The van der Waals surface area contributed by atoms with E-state index in [-0.39, 0.29) is 11.5 Å². The van der Waals surface area contributed by atoms with Crippen LogP contribution in [0.2, 0.25) is 0 Å². The number of rotatable bonds is 1. The fourth-order valence-corrected chi connectivity index (χ4v) is 3.18. The van der Waals surface area contributed by atoms with Gasteiger partial charge in [0.05, 0.1) is 0 Å². The van der Waals surface area contributed by atoms with Gasteiger partial charge in [0, 0.05) is 6.04 Å². The van der Waals surface area contributed by atoms with E-state index >= 15 is 0 Å². The first kappa shape index (κ1) is 14.3. The minimum Gasteiger partial charge on any atom is -0.324 e. The molecule has 1 unspecified atom stereocenters. The normalized spacial score (nSPS) is 18.4. The van der Waals surface area contributed by atoms with Crippen molar-refractivity contribution in [2.24, 2.45) is 5.73 Å². The molecule has 1 nitrogen and oxygen atoms in total. The highest BCUT2D eigenvalue weighted by Gasteiger charge is 2.17. The summed E-state index contributed by atoms with van der Waals surface area (Å²) in [6.07, 6.45) is 3.50. The van der Waals surface area contributed by atoms with Crippen LogP contribution in [0, 0.1) is 0 Å². The Labute approximate surface area is 128 Å². The fraction of sp³-hybridized carbons (Fsp3) is 0.400. The van der Waals surface area contributed by atoms with Crippen LogP contribution in [-0.4, -0.2) is 0 Å². The first-order valence-electron chi connectivity index (χ1n) is 7.94. The van der Waals surface area contributed by atoms with E-state index in [2.05, 4.69) is 63.2 Å². The zero-order chi connectivity index (χ0) is 15.0. The van der Waals surface area contributed by atoms with Gasteiger partial charge in [0.25, 0.3) is 0 Å². The lowest BCUT2D eigenvalue weighted by molar-refractivity contribution is 0.571. The molecule has 0 radical (unpaired) electrons. The van der Waals surface area contributed by atoms with Crippen LogP contribution in [0.15, 0.2) is 42.5 Å². The van der Waals surface area contributed by atoms with Gasteiger partial charge in [0.1, 0.15) is 0 Å². The Morgan fingerprint density at radius 2 is 1.62 bits per heavy atom. The maximum absolute atomic E-state index is 6.27. The summed E-state index contributed by atoms with van der Waals surface area (Å²) in [5.41, 5.74) is 13.2. The van der Waals surface area contributed by atoms with Crippen molar-refractivity contribution >= 4 is 0 Å². The van der Waals surface area contributed by atoms with Gasteiger partial charge in [0.15, 0.2) is 0 Å². The summed E-state index contributed by atoms with van der Waals surface area (Å²) in [6, 6.07) is 16.0. The van der Waals surface area contributed by atoms with Gasteiger partial charge in [-0.1, -0.05) is 57.2 Å². The van der Waals surface area contributed by atoms with Crippen molar-refractivity contribution in [1.82, 2.24) is 0 Å². The topological polar surface area (TPSA) is 26.0 Å². The maximum Gasteiger partial charge on any atom is 0.0297 e. The SMILES string of the molecule is CC(C)(C)c1ccc(-c2ccc3c(c2)C(N)CCC3)cc1. The molecule has 1 aliphatic rings. The zero-order valence-electron chi connectivity index (χ0n) is 13.3. The molecule has 1 atom stereocenters. The van der Waals surface area contributed by atoms with E-state index in [4.69, 9.17) is 5.73 Å². The van der Waals surface area contributed by atoms with Gasteiger partial charge in [-0.25, -0.2) is 0 Å². The van der Waals surface area contributed by atoms with Crippen LogP contribution < -0.4 is 5.73 Å². The Bertz CT molecular complexity index is 632. The second-order valence-corrected chi connectivity index (χ2v) is 7.24. The minimum atomic E-state index is 0.205. The van der Waals surface area contributed by atoms with Crippen LogP contribution in [0.25, 0.3) is 11.1 Å². The van der Waals surface area contributed by atoms with Crippen molar-refractivity contribution in [2.45, 2.75) is 51.5 Å². The highest BCUT2D eigenvalue weighted by atomic mass is 14.6. The highest BCUT2D eigenvalue weighted by molar-refractivity contribution is 5.66. The molecule has 0 bridgehead atoms. The molecule has 0 aliphatic heterocycles. The summed E-state index contributed by atoms with van der Waals surface area (Å²) >= 11 is 0. The Morgan fingerprint density at radius 1 is 0.952 bits per heavy atom. The molecule has 0 aromatic heterocycles. The number of fused-ring (bicyclic) bond motifs is 1. The number of benzene rings is 2. The average Bonchev–Trinajstić information content (AvgIpc) is 2.47. The third-order valence-corrected chi connectivity index (χ3v) is 4.59. The van der Waals surface area contributed by atoms with E-state index in [1.165, 1.54) is 40.7 Å². The molecule has 0 spiro atoms. The molecule has 0 amide bonds. The van der Waals surface area contributed by atoms with Crippen molar-refractivity contribution in [3.05, 3.63) is 59.2 Å². The molecule has 1 aliphatic carbocycles. The molecule has 2 aromatic carbocycles. The van der Waals surface area contributed by atoms with Crippen molar-refractivity contribution < 1.29 is 0 Å². The largest absolute Gasteiger partial charge is 0.324 e. The molecule has 2 aromatic rings. The molecular weight excluding hydrogens is 254 g/mol. The summed E-state index contributed by atoms with van der Waals surface area (Å²) in [6.45, 7) is 6.75. The molecule has 1 heteroatoms. The standard InChI is InChI=1S/C20H25N/c1-20(2,3)17-11-9-14(10-12-17)16-8-7-15-5-4-6-19(21)18(15)13-16/h7-13,19H,4-6,21H2,1-3H3. The van der Waals surface area contributed by atoms with E-state index in [1.54, 1.807) is 0 Å². The average molecular weight is 279 g/mol. The summed E-state index contributed by atoms with van der Waals surface area (Å²) in [5.74, 6) is 0. The van der Waals surface area contributed by atoms with Crippen LogP contribution in [0.3, 0.4) is 0 Å². The molecule has 0 saturated heterocycles. The second-order valence-electron chi connectivity index (χ2n) is 7.24. The molecule has 0 saturated carbocycles. The van der Waals surface area contributed by atoms with Gasteiger partial charge in [0.2, 0.25) is 0 Å². The smallest absolute Gasteiger partial charge is 0.0297 e. The van der Waals surface area contributed by atoms with Crippen LogP contribution in [0.5, 0.6) is 0 Å². The maximum atomic E-state index is 6.27. The van der Waals surface area contributed by atoms with E-state index in [0.29, 0.717) is 0 Å². The Kier molecular flexibility index (Phi) is 3.62. The van der Waals surface area contributed by atoms with E-state index in [0.717, 1.165) is 6.42 Å². The van der Waals surface area contributed by atoms with E-state index < -0.39 is 0 Å². The van der Waals surface area contributed by atoms with Crippen LogP contribution in [-0.2, 0) is 11.8 Å². The van der Waals surface area contributed by atoms with Gasteiger partial charge in [-0.2, -0.15) is 0 Å². The predicted octanol–water partition coefficient (Wildman–Crippen LogP) is 4.99. The molecule has 110 valence electrons. The van der Waals surface area contributed by atoms with Gasteiger partial charge >= 0.3 is 0 Å². The molecule has 21 heavy (non-hydrogen) atoms. The Balaban J connectivity index is 1.96. The molecular formula is C20H25N. The zero-order valence-corrected chi connectivity index (χ0v) is 13.3. The number of hydrogen-bond acceptors (Lipinski definition) is 1. The number of hydrogen-bond donors (Lipinski definition) is 1. The van der Waals surface area contributed by atoms with E-state index in [1.807, 2.05) is 0 Å². The van der Waals surface area contributed by atoms with Crippen LogP contribution in [0.4, 0.5) is 0 Å². The van der Waals surface area contributed by atoms with Crippen molar-refractivity contribution in [3.8, 4) is 11.1 Å². The number of aryl methyl sites for hydroxylation is 1.